The van der Waals surface area contributed by atoms with E-state index in [1.165, 1.54) is 0 Å². The number of amides is 1. The summed E-state index contributed by atoms with van der Waals surface area (Å²) in [5.74, 6) is 0.432. The van der Waals surface area contributed by atoms with Crippen molar-refractivity contribution in [1.29, 1.82) is 0 Å². The van der Waals surface area contributed by atoms with Crippen molar-refractivity contribution < 1.29 is 19.0 Å². The van der Waals surface area contributed by atoms with Crippen molar-refractivity contribution in [3.63, 3.8) is 0 Å². The predicted octanol–water partition coefficient (Wildman–Crippen LogP) is 2.39. The summed E-state index contributed by atoms with van der Waals surface area (Å²) >= 11 is 0. The van der Waals surface area contributed by atoms with Crippen LogP contribution in [0.25, 0.3) is 0 Å². The molecule has 0 aromatic heterocycles. The van der Waals surface area contributed by atoms with Gasteiger partial charge >= 0.3 is 0 Å². The third kappa shape index (κ3) is 13.2. The number of hydrogen-bond donors (Lipinski definition) is 1. The molecule has 0 atom stereocenters. The number of nitrogens with two attached hydrogens (primary N) is 1. The van der Waals surface area contributed by atoms with Gasteiger partial charge in [-0.1, -0.05) is 32.0 Å². The largest absolute Gasteiger partial charge is 0.494 e. The molecule has 1 rings (SSSR count). The molecule has 0 saturated carbocycles. The Morgan fingerprint density at radius 1 is 0.952 bits per heavy atom. The lowest BCUT2D eigenvalue weighted by atomic mass is 10.3. The first-order chi connectivity index (χ1) is 10.3. The average Bonchev–Trinajstić information content (AvgIpc) is 2.52. The van der Waals surface area contributed by atoms with E-state index in [1.54, 1.807) is 0 Å². The summed E-state index contributed by atoms with van der Waals surface area (Å²) in [5, 5.41) is 0. The van der Waals surface area contributed by atoms with Crippen LogP contribution < -0.4 is 10.5 Å². The number of hydrogen-bond acceptors (Lipinski definition) is 4. The highest BCUT2D eigenvalue weighted by atomic mass is 16.5. The van der Waals surface area contributed by atoms with E-state index >= 15 is 0 Å². The van der Waals surface area contributed by atoms with Gasteiger partial charge in [-0.15, -0.1) is 0 Å². The van der Waals surface area contributed by atoms with Crippen LogP contribution in [-0.4, -0.2) is 38.9 Å². The summed E-state index contributed by atoms with van der Waals surface area (Å²) in [4.78, 5) is 10.4. The summed E-state index contributed by atoms with van der Waals surface area (Å²) in [7, 11) is 0. The number of ether oxygens (including phenoxy) is 3. The lowest BCUT2D eigenvalue weighted by Gasteiger charge is -2.06. The van der Waals surface area contributed by atoms with Gasteiger partial charge in [0.25, 0.3) is 0 Å². The number of carbonyl (C=O) groups is 1. The van der Waals surface area contributed by atoms with Gasteiger partial charge in [0, 0.05) is 26.2 Å². The quantitative estimate of drug-likeness (QED) is 0.637. The van der Waals surface area contributed by atoms with E-state index in [0.717, 1.165) is 18.6 Å². The van der Waals surface area contributed by atoms with Crippen LogP contribution in [0.3, 0.4) is 0 Å². The fourth-order valence-corrected chi connectivity index (χ4v) is 1.41. The van der Waals surface area contributed by atoms with Crippen LogP contribution in [0, 0.1) is 0 Å². The Hall–Kier alpha value is -1.59. The molecule has 0 radical (unpaired) electrons. The minimum atomic E-state index is -0.445. The van der Waals surface area contributed by atoms with Crippen LogP contribution in [-0.2, 0) is 14.3 Å². The maximum absolute atomic E-state index is 10.4. The van der Waals surface area contributed by atoms with E-state index in [4.69, 9.17) is 19.9 Å². The Bertz CT molecular complexity index is 343. The van der Waals surface area contributed by atoms with Crippen molar-refractivity contribution in [3.8, 4) is 5.75 Å². The van der Waals surface area contributed by atoms with Gasteiger partial charge in [-0.25, -0.2) is 0 Å². The monoisotopic (exact) mass is 297 g/mol. The molecule has 5 heteroatoms. The van der Waals surface area contributed by atoms with Crippen LogP contribution in [0.1, 0.15) is 26.7 Å². The molecule has 0 unspecified atom stereocenters. The van der Waals surface area contributed by atoms with Crippen LogP contribution in [0.15, 0.2) is 30.3 Å². The lowest BCUT2D eigenvalue weighted by Crippen LogP contribution is -2.18. The average molecular weight is 297 g/mol. The van der Waals surface area contributed by atoms with Gasteiger partial charge in [0.05, 0.1) is 6.61 Å². The second-order valence-corrected chi connectivity index (χ2v) is 4.00. The predicted molar refractivity (Wildman–Crippen MR) is 83.4 cm³/mol. The van der Waals surface area contributed by atoms with E-state index in [2.05, 4.69) is 0 Å². The molecule has 0 aliphatic heterocycles. The molecule has 5 nitrogen and oxygen atoms in total. The first-order valence-electron chi connectivity index (χ1n) is 7.40. The highest BCUT2D eigenvalue weighted by Gasteiger charge is 1.95. The molecule has 1 aromatic rings. The SMILES string of the molecule is CC.NC(=O)COCCCOCCCOc1ccccc1. The second-order valence-electron chi connectivity index (χ2n) is 4.00. The maximum Gasteiger partial charge on any atom is 0.243 e. The minimum Gasteiger partial charge on any atom is -0.494 e. The summed E-state index contributed by atoms with van der Waals surface area (Å²) in [5.41, 5.74) is 4.93. The summed E-state index contributed by atoms with van der Waals surface area (Å²) in [6.07, 6.45) is 1.60. The molecule has 0 fully saturated rings. The Balaban J connectivity index is 0.00000191. The highest BCUT2D eigenvalue weighted by molar-refractivity contribution is 5.74. The molecule has 0 aliphatic carbocycles. The van der Waals surface area contributed by atoms with Gasteiger partial charge in [-0.05, 0) is 18.6 Å². The van der Waals surface area contributed by atoms with E-state index in [9.17, 15) is 4.79 Å². The van der Waals surface area contributed by atoms with Crippen LogP contribution >= 0.6 is 0 Å². The molecular formula is C16H27NO4. The van der Waals surface area contributed by atoms with Crippen molar-refractivity contribution in [2.24, 2.45) is 5.73 Å². The van der Waals surface area contributed by atoms with Crippen molar-refractivity contribution in [3.05, 3.63) is 30.3 Å². The van der Waals surface area contributed by atoms with Crippen molar-refractivity contribution in [2.45, 2.75) is 26.7 Å². The molecule has 1 aromatic carbocycles. The molecule has 0 saturated heterocycles. The molecule has 0 bridgehead atoms. The summed E-state index contributed by atoms with van der Waals surface area (Å²) < 4.78 is 15.9. The summed E-state index contributed by atoms with van der Waals surface area (Å²) in [6, 6.07) is 9.69. The number of para-hydroxylation sites is 1. The van der Waals surface area contributed by atoms with E-state index in [0.29, 0.717) is 26.4 Å². The molecule has 0 heterocycles. The fourth-order valence-electron chi connectivity index (χ4n) is 1.41. The van der Waals surface area contributed by atoms with Crippen LogP contribution in [0.2, 0.25) is 0 Å². The normalized spacial score (nSPS) is 9.62. The Morgan fingerprint density at radius 2 is 1.52 bits per heavy atom. The molecule has 0 spiro atoms. The number of benzene rings is 1. The summed E-state index contributed by atoms with van der Waals surface area (Å²) in [6.45, 7) is 6.38. The van der Waals surface area contributed by atoms with Gasteiger partial charge in [0.2, 0.25) is 5.91 Å². The zero-order valence-electron chi connectivity index (χ0n) is 13.0. The van der Waals surface area contributed by atoms with Crippen LogP contribution in [0.4, 0.5) is 0 Å². The Morgan fingerprint density at radius 3 is 2.14 bits per heavy atom. The third-order valence-electron chi connectivity index (χ3n) is 2.27. The van der Waals surface area contributed by atoms with Crippen LogP contribution in [0.5, 0.6) is 5.75 Å². The second kappa shape index (κ2) is 14.8. The third-order valence-corrected chi connectivity index (χ3v) is 2.27. The standard InChI is InChI=1S/C14H21NO4.C2H6/c15-14(16)12-18-10-4-8-17-9-5-11-19-13-6-2-1-3-7-13;1-2/h1-3,6-7H,4-5,8-12H2,(H2,15,16);1-2H3. The molecular weight excluding hydrogens is 270 g/mol. The first kappa shape index (κ1) is 19.4. The molecule has 21 heavy (non-hydrogen) atoms. The first-order valence-corrected chi connectivity index (χ1v) is 7.40. The van der Waals surface area contributed by atoms with E-state index < -0.39 is 5.91 Å². The molecule has 1 amide bonds. The highest BCUT2D eigenvalue weighted by Crippen LogP contribution is 2.08. The topological polar surface area (TPSA) is 70.8 Å². The fraction of sp³-hybridized carbons (Fsp3) is 0.562. The lowest BCUT2D eigenvalue weighted by molar-refractivity contribution is -0.122. The Kier molecular flexibility index (Phi) is 13.7. The smallest absolute Gasteiger partial charge is 0.243 e. The number of carbonyl (C=O) groups excluding carboxylic acids is 1. The van der Waals surface area contributed by atoms with Crippen molar-refractivity contribution in [2.75, 3.05) is 33.0 Å². The number of rotatable bonds is 11. The molecule has 2 N–H and O–H groups in total. The maximum atomic E-state index is 10.4. The van der Waals surface area contributed by atoms with E-state index in [1.807, 2.05) is 44.2 Å². The number of primary amides is 1. The van der Waals surface area contributed by atoms with Gasteiger partial charge < -0.3 is 19.9 Å². The van der Waals surface area contributed by atoms with Crippen molar-refractivity contribution >= 4 is 5.91 Å². The molecule has 120 valence electrons. The zero-order valence-corrected chi connectivity index (χ0v) is 13.0. The molecule has 0 aliphatic rings. The van der Waals surface area contributed by atoms with E-state index in [-0.39, 0.29) is 6.61 Å². The van der Waals surface area contributed by atoms with Gasteiger partial charge in [-0.2, -0.15) is 0 Å². The van der Waals surface area contributed by atoms with Gasteiger partial charge in [0.15, 0.2) is 0 Å². The minimum absolute atomic E-state index is 0.0229. The zero-order chi connectivity index (χ0) is 15.8. The van der Waals surface area contributed by atoms with Gasteiger partial charge in [0.1, 0.15) is 12.4 Å². The Labute approximate surface area is 127 Å². The van der Waals surface area contributed by atoms with Gasteiger partial charge in [-0.3, -0.25) is 4.79 Å². The van der Waals surface area contributed by atoms with Crippen molar-refractivity contribution in [1.82, 2.24) is 0 Å².